The van der Waals surface area contributed by atoms with Gasteiger partial charge in [0.15, 0.2) is 0 Å². The van der Waals surface area contributed by atoms with Crippen LogP contribution in [0.1, 0.15) is 34.3 Å². The van der Waals surface area contributed by atoms with Crippen molar-refractivity contribution < 1.29 is 14.3 Å². The van der Waals surface area contributed by atoms with Gasteiger partial charge in [-0.3, -0.25) is 20.4 Å². The van der Waals surface area contributed by atoms with Crippen LogP contribution in [0.25, 0.3) is 0 Å². The molecule has 0 unspecified atom stereocenters. The van der Waals surface area contributed by atoms with E-state index in [-0.39, 0.29) is 17.7 Å². The van der Waals surface area contributed by atoms with Crippen LogP contribution in [0.4, 0.5) is 0 Å². The van der Waals surface area contributed by atoms with Gasteiger partial charge in [0.2, 0.25) is 5.91 Å². The van der Waals surface area contributed by atoms with Gasteiger partial charge < -0.3 is 4.74 Å². The lowest BCUT2D eigenvalue weighted by Gasteiger charge is -2.09. The van der Waals surface area contributed by atoms with E-state index in [1.165, 1.54) is 0 Å². The zero-order valence-corrected chi connectivity index (χ0v) is 14.6. The van der Waals surface area contributed by atoms with Crippen LogP contribution in [-0.4, -0.2) is 11.8 Å². The Kier molecular flexibility index (Phi) is 5.24. The Labute approximate surface area is 151 Å². The lowest BCUT2D eigenvalue weighted by molar-refractivity contribution is -0.123. The number of halogens is 1. The van der Waals surface area contributed by atoms with Crippen molar-refractivity contribution in [3.05, 3.63) is 64.2 Å². The maximum absolute atomic E-state index is 12.0. The Morgan fingerprint density at radius 3 is 2.48 bits per heavy atom. The molecule has 0 bridgehead atoms. The highest BCUT2D eigenvalue weighted by atomic mass is 35.5. The molecule has 1 aliphatic carbocycles. The summed E-state index contributed by atoms with van der Waals surface area (Å²) in [6.45, 7) is 2.31. The fourth-order valence-electron chi connectivity index (χ4n) is 2.26. The Bertz CT molecular complexity index is 786. The molecule has 130 valence electrons. The summed E-state index contributed by atoms with van der Waals surface area (Å²) < 4.78 is 5.72. The molecule has 25 heavy (non-hydrogen) atoms. The number of ether oxygens (including phenoxy) is 1. The fourth-order valence-corrected chi connectivity index (χ4v) is 2.38. The standard InChI is InChI=1S/C19H19ClN2O3/c1-12-10-16(8-9-17(12)20)25-11-13-2-4-14(5-3-13)18(23)21-22-19(24)15-6-7-15/h2-5,8-10,15H,6-7,11H2,1H3,(H,21,23)(H,22,24). The zero-order valence-electron chi connectivity index (χ0n) is 13.8. The predicted molar refractivity (Wildman–Crippen MR) is 95.3 cm³/mol. The van der Waals surface area contributed by atoms with Gasteiger partial charge in [0.25, 0.3) is 5.91 Å². The molecule has 0 radical (unpaired) electrons. The minimum absolute atomic E-state index is 0.0522. The number of aryl methyl sites for hydroxylation is 1. The van der Waals surface area contributed by atoms with Gasteiger partial charge in [-0.1, -0.05) is 23.7 Å². The third-order valence-electron chi connectivity index (χ3n) is 4.00. The van der Waals surface area contributed by atoms with Gasteiger partial charge in [-0.2, -0.15) is 0 Å². The first-order valence-electron chi connectivity index (χ1n) is 8.11. The van der Waals surface area contributed by atoms with Gasteiger partial charge >= 0.3 is 0 Å². The quantitative estimate of drug-likeness (QED) is 0.805. The van der Waals surface area contributed by atoms with E-state index in [1.807, 2.05) is 31.2 Å². The highest BCUT2D eigenvalue weighted by Gasteiger charge is 2.29. The molecule has 5 nitrogen and oxygen atoms in total. The molecule has 1 fully saturated rings. The summed E-state index contributed by atoms with van der Waals surface area (Å²) in [4.78, 5) is 23.5. The number of benzene rings is 2. The summed E-state index contributed by atoms with van der Waals surface area (Å²) in [5, 5.41) is 0.705. The first-order chi connectivity index (χ1) is 12.0. The Balaban J connectivity index is 1.51. The number of hydrogen-bond acceptors (Lipinski definition) is 3. The minimum Gasteiger partial charge on any atom is -0.489 e. The van der Waals surface area contributed by atoms with Gasteiger partial charge in [-0.15, -0.1) is 0 Å². The van der Waals surface area contributed by atoms with E-state index in [0.29, 0.717) is 17.2 Å². The number of hydrazine groups is 1. The van der Waals surface area contributed by atoms with E-state index in [0.717, 1.165) is 29.7 Å². The molecule has 6 heteroatoms. The van der Waals surface area contributed by atoms with E-state index in [9.17, 15) is 9.59 Å². The Hall–Kier alpha value is -2.53. The molecule has 2 aromatic rings. The second-order valence-corrected chi connectivity index (χ2v) is 6.52. The van der Waals surface area contributed by atoms with Gasteiger partial charge in [-0.05, 0) is 61.2 Å². The van der Waals surface area contributed by atoms with Crippen molar-refractivity contribution >= 4 is 23.4 Å². The molecule has 0 aliphatic heterocycles. The van der Waals surface area contributed by atoms with E-state index < -0.39 is 0 Å². The molecular weight excluding hydrogens is 340 g/mol. The lowest BCUT2D eigenvalue weighted by Crippen LogP contribution is -2.42. The maximum Gasteiger partial charge on any atom is 0.269 e. The third-order valence-corrected chi connectivity index (χ3v) is 4.42. The predicted octanol–water partition coefficient (Wildman–Crippen LogP) is 3.40. The van der Waals surface area contributed by atoms with E-state index in [2.05, 4.69) is 10.9 Å². The number of nitrogens with one attached hydrogen (secondary N) is 2. The Morgan fingerprint density at radius 1 is 1.12 bits per heavy atom. The number of hydrogen-bond donors (Lipinski definition) is 2. The topological polar surface area (TPSA) is 67.4 Å². The fraction of sp³-hybridized carbons (Fsp3) is 0.263. The van der Waals surface area contributed by atoms with Crippen LogP contribution in [0.2, 0.25) is 5.02 Å². The largest absolute Gasteiger partial charge is 0.489 e. The van der Waals surface area contributed by atoms with Gasteiger partial charge in [-0.25, -0.2) is 0 Å². The molecule has 1 aliphatic rings. The normalized spacial score (nSPS) is 13.2. The van der Waals surface area contributed by atoms with E-state index >= 15 is 0 Å². The molecule has 0 spiro atoms. The summed E-state index contributed by atoms with van der Waals surface area (Å²) in [5.41, 5.74) is 7.23. The summed E-state index contributed by atoms with van der Waals surface area (Å²) in [7, 11) is 0. The summed E-state index contributed by atoms with van der Waals surface area (Å²) in [6.07, 6.45) is 1.78. The molecule has 0 atom stereocenters. The van der Waals surface area contributed by atoms with Crippen LogP contribution in [0, 0.1) is 12.8 Å². The van der Waals surface area contributed by atoms with Crippen molar-refractivity contribution in [3.63, 3.8) is 0 Å². The van der Waals surface area contributed by atoms with Crippen LogP contribution < -0.4 is 15.6 Å². The number of amides is 2. The van der Waals surface area contributed by atoms with Gasteiger partial charge in [0.05, 0.1) is 0 Å². The smallest absolute Gasteiger partial charge is 0.269 e. The molecular formula is C19H19ClN2O3. The van der Waals surface area contributed by atoms with Crippen molar-refractivity contribution in [2.45, 2.75) is 26.4 Å². The van der Waals surface area contributed by atoms with Crippen molar-refractivity contribution in [1.29, 1.82) is 0 Å². The second-order valence-electron chi connectivity index (χ2n) is 6.11. The first kappa shape index (κ1) is 17.3. The molecule has 0 saturated heterocycles. The monoisotopic (exact) mass is 358 g/mol. The van der Waals surface area contributed by atoms with Crippen LogP contribution in [0.15, 0.2) is 42.5 Å². The SMILES string of the molecule is Cc1cc(OCc2ccc(C(=O)NNC(=O)C3CC3)cc2)ccc1Cl. The highest BCUT2D eigenvalue weighted by Crippen LogP contribution is 2.28. The van der Waals surface area contributed by atoms with Crippen LogP contribution >= 0.6 is 11.6 Å². The average Bonchev–Trinajstić information content (AvgIpc) is 3.46. The van der Waals surface area contributed by atoms with Crippen LogP contribution in [0.5, 0.6) is 5.75 Å². The van der Waals surface area contributed by atoms with Gasteiger partial charge in [0.1, 0.15) is 12.4 Å². The number of carbonyl (C=O) groups excluding carboxylic acids is 2. The van der Waals surface area contributed by atoms with Crippen LogP contribution in [-0.2, 0) is 11.4 Å². The molecule has 1 saturated carbocycles. The third kappa shape index (κ3) is 4.73. The first-order valence-corrected chi connectivity index (χ1v) is 8.49. The summed E-state index contributed by atoms with van der Waals surface area (Å²) in [6, 6.07) is 12.5. The highest BCUT2D eigenvalue weighted by molar-refractivity contribution is 6.31. The van der Waals surface area contributed by atoms with Gasteiger partial charge in [0, 0.05) is 16.5 Å². The minimum atomic E-state index is -0.338. The summed E-state index contributed by atoms with van der Waals surface area (Å²) in [5.74, 6) is 0.328. The van der Waals surface area contributed by atoms with Crippen molar-refractivity contribution in [1.82, 2.24) is 10.9 Å². The number of rotatable bonds is 5. The molecule has 0 aromatic heterocycles. The Morgan fingerprint density at radius 2 is 1.84 bits per heavy atom. The molecule has 2 amide bonds. The summed E-state index contributed by atoms with van der Waals surface area (Å²) >= 11 is 5.99. The molecule has 2 N–H and O–H groups in total. The van der Waals surface area contributed by atoms with Crippen molar-refractivity contribution in [2.24, 2.45) is 5.92 Å². The van der Waals surface area contributed by atoms with Crippen molar-refractivity contribution in [2.75, 3.05) is 0 Å². The van der Waals surface area contributed by atoms with Crippen molar-refractivity contribution in [3.8, 4) is 5.75 Å². The zero-order chi connectivity index (χ0) is 17.8. The number of carbonyl (C=O) groups is 2. The lowest BCUT2D eigenvalue weighted by atomic mass is 10.1. The molecule has 3 rings (SSSR count). The van der Waals surface area contributed by atoms with Crippen LogP contribution in [0.3, 0.4) is 0 Å². The average molecular weight is 359 g/mol. The van der Waals surface area contributed by atoms with E-state index in [4.69, 9.17) is 16.3 Å². The van der Waals surface area contributed by atoms with E-state index in [1.54, 1.807) is 18.2 Å². The maximum atomic E-state index is 12.0. The molecule has 0 heterocycles. The second kappa shape index (κ2) is 7.57. The molecule has 2 aromatic carbocycles.